The van der Waals surface area contributed by atoms with Crippen LogP contribution in [0, 0.1) is 5.92 Å². The summed E-state index contributed by atoms with van der Waals surface area (Å²) in [6, 6.07) is 1.13. The molecule has 1 fully saturated rings. The van der Waals surface area contributed by atoms with Crippen molar-refractivity contribution >= 4 is 5.97 Å². The van der Waals surface area contributed by atoms with Gasteiger partial charge in [0.25, 0.3) is 5.56 Å². The van der Waals surface area contributed by atoms with Crippen molar-refractivity contribution in [3.05, 3.63) is 45.5 Å². The van der Waals surface area contributed by atoms with Crippen LogP contribution in [-0.2, 0) is 14.3 Å². The van der Waals surface area contributed by atoms with Crippen LogP contribution >= 0.6 is 0 Å². The summed E-state index contributed by atoms with van der Waals surface area (Å²) in [7, 11) is 0. The second-order valence-electron chi connectivity index (χ2n) is 5.04. The predicted molar refractivity (Wildman–Crippen MR) is 74.8 cm³/mol. The number of hydrogen-bond acceptors (Lipinski definition) is 5. The first-order valence-electron chi connectivity index (χ1n) is 6.83. The maximum Gasteiger partial charge on any atom is 0.330 e. The van der Waals surface area contributed by atoms with Crippen molar-refractivity contribution in [2.24, 2.45) is 5.92 Å². The highest BCUT2D eigenvalue weighted by Gasteiger charge is 2.49. The molecule has 1 N–H and O–H groups in total. The standard InChI is InChI=1S/C14H17FN2O5/c1-4-9-11(7(2)15)12(21-8(3)18)13(22-9)17-6-5-10(19)16-14(17)20/h5-6,9,11-13H,2,4H2,1,3H3,(H,16,19,20). The van der Waals surface area contributed by atoms with Crippen molar-refractivity contribution in [1.82, 2.24) is 9.55 Å². The van der Waals surface area contributed by atoms with Gasteiger partial charge in [0.05, 0.1) is 12.0 Å². The van der Waals surface area contributed by atoms with E-state index in [4.69, 9.17) is 9.47 Å². The Kier molecular flexibility index (Phi) is 4.60. The molecule has 0 aromatic carbocycles. The van der Waals surface area contributed by atoms with Gasteiger partial charge in [-0.1, -0.05) is 13.5 Å². The molecule has 0 radical (unpaired) electrons. The highest BCUT2D eigenvalue weighted by Crippen LogP contribution is 2.40. The summed E-state index contributed by atoms with van der Waals surface area (Å²) in [6.45, 7) is 6.24. The molecule has 0 saturated carbocycles. The molecule has 8 heteroatoms. The second kappa shape index (κ2) is 6.27. The fraction of sp³-hybridized carbons (Fsp3) is 0.500. The third-order valence-electron chi connectivity index (χ3n) is 3.54. The summed E-state index contributed by atoms with van der Waals surface area (Å²) in [5.41, 5.74) is -1.29. The summed E-state index contributed by atoms with van der Waals surface area (Å²) in [5, 5.41) is 0. The largest absolute Gasteiger partial charge is 0.457 e. The highest BCUT2D eigenvalue weighted by molar-refractivity contribution is 5.66. The Labute approximate surface area is 125 Å². The highest BCUT2D eigenvalue weighted by atomic mass is 19.1. The van der Waals surface area contributed by atoms with Crippen LogP contribution < -0.4 is 11.2 Å². The Hall–Kier alpha value is -2.22. The maximum absolute atomic E-state index is 13.8. The van der Waals surface area contributed by atoms with Crippen molar-refractivity contribution in [3.63, 3.8) is 0 Å². The van der Waals surface area contributed by atoms with Crippen LogP contribution in [0.15, 0.2) is 34.3 Å². The van der Waals surface area contributed by atoms with E-state index < -0.39 is 47.4 Å². The third kappa shape index (κ3) is 3.01. The molecule has 1 aliphatic rings. The van der Waals surface area contributed by atoms with Crippen molar-refractivity contribution in [1.29, 1.82) is 0 Å². The van der Waals surface area contributed by atoms with E-state index in [1.807, 2.05) is 0 Å². The lowest BCUT2D eigenvalue weighted by atomic mass is 9.95. The minimum Gasteiger partial charge on any atom is -0.457 e. The minimum atomic E-state index is -1.04. The first-order chi connectivity index (χ1) is 10.3. The molecule has 0 amide bonds. The molecule has 2 heterocycles. The Morgan fingerprint density at radius 1 is 1.55 bits per heavy atom. The molecule has 4 unspecified atom stereocenters. The van der Waals surface area contributed by atoms with E-state index in [1.165, 1.54) is 13.1 Å². The van der Waals surface area contributed by atoms with Crippen LogP contribution in [0.4, 0.5) is 4.39 Å². The van der Waals surface area contributed by atoms with E-state index in [2.05, 4.69) is 11.6 Å². The molecule has 7 nitrogen and oxygen atoms in total. The van der Waals surface area contributed by atoms with Crippen molar-refractivity contribution < 1.29 is 18.7 Å². The van der Waals surface area contributed by atoms with Gasteiger partial charge in [-0.05, 0) is 6.42 Å². The number of aromatic nitrogens is 2. The van der Waals surface area contributed by atoms with E-state index in [1.54, 1.807) is 6.92 Å². The van der Waals surface area contributed by atoms with Crippen molar-refractivity contribution in [2.75, 3.05) is 0 Å². The monoisotopic (exact) mass is 312 g/mol. The van der Waals surface area contributed by atoms with E-state index in [0.717, 1.165) is 10.6 Å². The molecule has 1 saturated heterocycles. The van der Waals surface area contributed by atoms with Crippen LogP contribution in [0.3, 0.4) is 0 Å². The number of aromatic amines is 1. The molecule has 0 aliphatic carbocycles. The number of esters is 1. The van der Waals surface area contributed by atoms with Crippen LogP contribution in [0.5, 0.6) is 0 Å². The van der Waals surface area contributed by atoms with Crippen LogP contribution in [0.25, 0.3) is 0 Å². The summed E-state index contributed by atoms with van der Waals surface area (Å²) < 4.78 is 25.7. The van der Waals surface area contributed by atoms with Gasteiger partial charge >= 0.3 is 11.7 Å². The topological polar surface area (TPSA) is 90.4 Å². The van der Waals surface area contributed by atoms with E-state index in [-0.39, 0.29) is 0 Å². The van der Waals surface area contributed by atoms with Gasteiger partial charge in [0, 0.05) is 19.2 Å². The quantitative estimate of drug-likeness (QED) is 0.833. The summed E-state index contributed by atoms with van der Waals surface area (Å²) in [5.74, 6) is -2.19. The van der Waals surface area contributed by atoms with Gasteiger partial charge in [0.1, 0.15) is 5.83 Å². The zero-order chi connectivity index (χ0) is 16.4. The molecular formula is C14H17FN2O5. The molecule has 1 aliphatic heterocycles. The van der Waals surface area contributed by atoms with Crippen LogP contribution in [0.1, 0.15) is 26.5 Å². The Balaban J connectivity index is 2.47. The average Bonchev–Trinajstić information content (AvgIpc) is 2.76. The Morgan fingerprint density at radius 2 is 2.23 bits per heavy atom. The summed E-state index contributed by atoms with van der Waals surface area (Å²) in [6.07, 6.45) is -0.997. The lowest BCUT2D eigenvalue weighted by Gasteiger charge is -2.23. The minimum absolute atomic E-state index is 0.444. The van der Waals surface area contributed by atoms with Crippen LogP contribution in [0.2, 0.25) is 0 Å². The molecular weight excluding hydrogens is 295 g/mol. The van der Waals surface area contributed by atoms with Gasteiger partial charge in [-0.2, -0.15) is 0 Å². The number of halogens is 1. The predicted octanol–water partition coefficient (Wildman–Crippen LogP) is 0.875. The lowest BCUT2D eigenvalue weighted by Crippen LogP contribution is -2.38. The number of rotatable bonds is 4. The van der Waals surface area contributed by atoms with Gasteiger partial charge in [-0.25, -0.2) is 9.18 Å². The first-order valence-corrected chi connectivity index (χ1v) is 6.83. The number of hydrogen-bond donors (Lipinski definition) is 1. The zero-order valence-electron chi connectivity index (χ0n) is 12.2. The molecule has 1 aromatic heterocycles. The third-order valence-corrected chi connectivity index (χ3v) is 3.54. The number of carbonyl (C=O) groups is 1. The van der Waals surface area contributed by atoms with Gasteiger partial charge in [0.15, 0.2) is 12.3 Å². The fourth-order valence-electron chi connectivity index (χ4n) is 2.63. The molecule has 0 bridgehead atoms. The first kappa shape index (κ1) is 16.2. The number of carbonyl (C=O) groups excluding carboxylic acids is 1. The number of nitrogens with one attached hydrogen (secondary N) is 1. The lowest BCUT2D eigenvalue weighted by molar-refractivity contribution is -0.153. The maximum atomic E-state index is 13.8. The Morgan fingerprint density at radius 3 is 2.73 bits per heavy atom. The molecule has 1 aromatic rings. The molecule has 2 rings (SSSR count). The molecule has 0 spiro atoms. The number of ether oxygens (including phenoxy) is 2. The van der Waals surface area contributed by atoms with Gasteiger partial charge < -0.3 is 9.47 Å². The van der Waals surface area contributed by atoms with Crippen LogP contribution in [-0.4, -0.2) is 27.7 Å². The van der Waals surface area contributed by atoms with Crippen molar-refractivity contribution in [2.45, 2.75) is 38.7 Å². The van der Waals surface area contributed by atoms with E-state index in [9.17, 15) is 18.8 Å². The molecule has 120 valence electrons. The second-order valence-corrected chi connectivity index (χ2v) is 5.04. The average molecular weight is 312 g/mol. The molecule has 4 atom stereocenters. The number of H-pyrrole nitrogens is 1. The smallest absolute Gasteiger partial charge is 0.330 e. The summed E-state index contributed by atoms with van der Waals surface area (Å²) in [4.78, 5) is 36.4. The van der Waals surface area contributed by atoms with Gasteiger partial charge in [0.2, 0.25) is 0 Å². The van der Waals surface area contributed by atoms with Gasteiger partial charge in [-0.3, -0.25) is 19.1 Å². The Bertz CT molecular complexity index is 695. The van der Waals surface area contributed by atoms with E-state index in [0.29, 0.717) is 6.42 Å². The van der Waals surface area contributed by atoms with Gasteiger partial charge in [-0.15, -0.1) is 0 Å². The van der Waals surface area contributed by atoms with Crippen molar-refractivity contribution in [3.8, 4) is 0 Å². The fourth-order valence-corrected chi connectivity index (χ4v) is 2.63. The SMILES string of the molecule is C=C(F)C1C(CC)OC(n2ccc(=O)[nH]c2=O)C1OC(C)=O. The molecule has 22 heavy (non-hydrogen) atoms. The summed E-state index contributed by atoms with van der Waals surface area (Å²) >= 11 is 0. The van der Waals surface area contributed by atoms with E-state index >= 15 is 0 Å². The normalized spacial score (nSPS) is 27.6. The zero-order valence-corrected chi connectivity index (χ0v) is 12.2. The number of nitrogens with zero attached hydrogens (tertiary/aromatic N) is 1.